The van der Waals surface area contributed by atoms with E-state index in [1.807, 2.05) is 17.0 Å². The van der Waals surface area contributed by atoms with Crippen molar-refractivity contribution < 1.29 is 9.90 Å². The Kier molecular flexibility index (Phi) is 3.96. The van der Waals surface area contributed by atoms with Crippen molar-refractivity contribution in [2.75, 3.05) is 6.54 Å². The molecule has 1 fully saturated rings. The lowest BCUT2D eigenvalue weighted by atomic mass is 10.0. The predicted octanol–water partition coefficient (Wildman–Crippen LogP) is 2.00. The van der Waals surface area contributed by atoms with Gasteiger partial charge in [0.25, 0.3) is 0 Å². The van der Waals surface area contributed by atoms with Crippen molar-refractivity contribution in [1.29, 1.82) is 5.26 Å². The van der Waals surface area contributed by atoms with Crippen LogP contribution in [0, 0.1) is 11.3 Å². The molecule has 0 unspecified atom stereocenters. The number of carbonyl (C=O) groups is 1. The van der Waals surface area contributed by atoms with Gasteiger partial charge in [-0.05, 0) is 37.1 Å². The van der Waals surface area contributed by atoms with E-state index in [2.05, 4.69) is 6.07 Å². The second kappa shape index (κ2) is 5.65. The van der Waals surface area contributed by atoms with Crippen LogP contribution in [0.3, 0.4) is 0 Å². The van der Waals surface area contributed by atoms with Crippen LogP contribution in [0.15, 0.2) is 24.3 Å². The van der Waals surface area contributed by atoms with Crippen molar-refractivity contribution in [3.8, 4) is 6.07 Å². The summed E-state index contributed by atoms with van der Waals surface area (Å²) in [5.74, 6) is -0.733. The molecule has 0 bridgehead atoms. The molecular formula is C14H16N2O2. The fourth-order valence-electron chi connectivity index (χ4n) is 2.38. The molecular weight excluding hydrogens is 228 g/mol. The van der Waals surface area contributed by atoms with Gasteiger partial charge in [0, 0.05) is 6.54 Å². The van der Waals surface area contributed by atoms with E-state index in [-0.39, 0.29) is 6.04 Å². The number of hydrogen-bond donors (Lipinski definition) is 1. The zero-order valence-corrected chi connectivity index (χ0v) is 10.2. The van der Waals surface area contributed by atoms with Gasteiger partial charge in [0.05, 0.1) is 11.6 Å². The van der Waals surface area contributed by atoms with E-state index >= 15 is 0 Å². The molecule has 1 aromatic rings. The summed E-state index contributed by atoms with van der Waals surface area (Å²) in [7, 11) is 0. The summed E-state index contributed by atoms with van der Waals surface area (Å²) >= 11 is 0. The van der Waals surface area contributed by atoms with Gasteiger partial charge >= 0.3 is 5.97 Å². The maximum absolute atomic E-state index is 11.2. The Balaban J connectivity index is 2.06. The van der Waals surface area contributed by atoms with Crippen molar-refractivity contribution in [3.05, 3.63) is 35.4 Å². The summed E-state index contributed by atoms with van der Waals surface area (Å²) in [5.41, 5.74) is 1.69. The molecule has 0 spiro atoms. The Hall–Kier alpha value is -1.86. The van der Waals surface area contributed by atoms with Crippen molar-refractivity contribution in [2.24, 2.45) is 0 Å². The zero-order valence-electron chi connectivity index (χ0n) is 10.2. The van der Waals surface area contributed by atoms with Gasteiger partial charge in [-0.15, -0.1) is 0 Å². The van der Waals surface area contributed by atoms with Crippen LogP contribution in [-0.4, -0.2) is 28.6 Å². The number of aliphatic carboxylic acids is 1. The largest absolute Gasteiger partial charge is 0.480 e. The first kappa shape index (κ1) is 12.6. The fourth-order valence-corrected chi connectivity index (χ4v) is 2.38. The van der Waals surface area contributed by atoms with E-state index < -0.39 is 5.97 Å². The molecule has 0 aliphatic carbocycles. The molecule has 0 amide bonds. The molecule has 94 valence electrons. The average Bonchev–Trinajstić information content (AvgIpc) is 2.40. The van der Waals surface area contributed by atoms with Crippen molar-refractivity contribution in [1.82, 2.24) is 4.90 Å². The number of benzene rings is 1. The molecule has 1 saturated heterocycles. The summed E-state index contributed by atoms with van der Waals surface area (Å²) in [4.78, 5) is 13.2. The van der Waals surface area contributed by atoms with E-state index in [1.54, 1.807) is 12.1 Å². The van der Waals surface area contributed by atoms with Crippen LogP contribution in [0.1, 0.15) is 30.4 Å². The number of hydrogen-bond acceptors (Lipinski definition) is 3. The quantitative estimate of drug-likeness (QED) is 0.883. The van der Waals surface area contributed by atoms with Crippen molar-refractivity contribution in [3.63, 3.8) is 0 Å². The minimum absolute atomic E-state index is 0.366. The van der Waals surface area contributed by atoms with Gasteiger partial charge in [-0.1, -0.05) is 18.6 Å². The lowest BCUT2D eigenvalue weighted by Gasteiger charge is -2.32. The first-order valence-electron chi connectivity index (χ1n) is 6.16. The summed E-state index contributed by atoms with van der Waals surface area (Å²) in [5, 5.41) is 17.9. The highest BCUT2D eigenvalue weighted by Crippen LogP contribution is 2.20. The second-order valence-electron chi connectivity index (χ2n) is 4.63. The van der Waals surface area contributed by atoms with Gasteiger partial charge in [-0.25, -0.2) is 0 Å². The van der Waals surface area contributed by atoms with E-state index in [4.69, 9.17) is 5.26 Å². The Labute approximate surface area is 106 Å². The highest BCUT2D eigenvalue weighted by atomic mass is 16.4. The fraction of sp³-hybridized carbons (Fsp3) is 0.429. The van der Waals surface area contributed by atoms with Gasteiger partial charge in [0.15, 0.2) is 0 Å². The highest BCUT2D eigenvalue weighted by Gasteiger charge is 2.27. The summed E-state index contributed by atoms with van der Waals surface area (Å²) in [6.07, 6.45) is 2.77. The zero-order chi connectivity index (χ0) is 13.0. The lowest BCUT2D eigenvalue weighted by molar-refractivity contribution is -0.144. The van der Waals surface area contributed by atoms with E-state index in [1.165, 1.54) is 0 Å². The number of carboxylic acids is 1. The molecule has 4 heteroatoms. The Morgan fingerprint density at radius 3 is 2.72 bits per heavy atom. The van der Waals surface area contributed by atoms with Gasteiger partial charge in [0.1, 0.15) is 6.04 Å². The van der Waals surface area contributed by atoms with Gasteiger partial charge in [-0.3, -0.25) is 9.69 Å². The minimum Gasteiger partial charge on any atom is -0.480 e. The Bertz CT molecular complexity index is 462. The van der Waals surface area contributed by atoms with Crippen LogP contribution in [0.2, 0.25) is 0 Å². The van der Waals surface area contributed by atoms with Crippen LogP contribution < -0.4 is 0 Å². The topological polar surface area (TPSA) is 64.3 Å². The summed E-state index contributed by atoms with van der Waals surface area (Å²) < 4.78 is 0. The third-order valence-corrected chi connectivity index (χ3v) is 3.37. The molecule has 1 aliphatic rings. The van der Waals surface area contributed by atoms with Crippen LogP contribution in [0.4, 0.5) is 0 Å². The normalized spacial score (nSPS) is 20.3. The number of rotatable bonds is 3. The molecule has 1 N–H and O–H groups in total. The first-order valence-corrected chi connectivity index (χ1v) is 6.16. The van der Waals surface area contributed by atoms with Gasteiger partial charge < -0.3 is 5.11 Å². The van der Waals surface area contributed by atoms with E-state index in [9.17, 15) is 9.90 Å². The molecule has 2 rings (SSSR count). The number of carboxylic acid groups (broad SMARTS) is 1. The number of likely N-dealkylation sites (tertiary alicyclic amines) is 1. The third-order valence-electron chi connectivity index (χ3n) is 3.37. The van der Waals surface area contributed by atoms with E-state index in [0.717, 1.165) is 31.4 Å². The van der Waals surface area contributed by atoms with Crippen LogP contribution in [-0.2, 0) is 11.3 Å². The Morgan fingerprint density at radius 1 is 1.39 bits per heavy atom. The number of nitriles is 1. The number of piperidine rings is 1. The minimum atomic E-state index is -0.733. The maximum Gasteiger partial charge on any atom is 0.320 e. The molecule has 1 heterocycles. The van der Waals surface area contributed by atoms with Crippen LogP contribution >= 0.6 is 0 Å². The van der Waals surface area contributed by atoms with Crippen LogP contribution in [0.25, 0.3) is 0 Å². The monoisotopic (exact) mass is 244 g/mol. The average molecular weight is 244 g/mol. The summed E-state index contributed by atoms with van der Waals surface area (Å²) in [6, 6.07) is 9.05. The SMILES string of the molecule is N#Cc1ccc(CN2CCCC[C@H]2C(=O)O)cc1. The first-order chi connectivity index (χ1) is 8.70. The maximum atomic E-state index is 11.2. The molecule has 1 aliphatic heterocycles. The predicted molar refractivity (Wildman–Crippen MR) is 66.8 cm³/mol. The standard InChI is InChI=1S/C14H16N2O2/c15-9-11-4-6-12(7-5-11)10-16-8-2-1-3-13(16)14(17)18/h4-7,13H,1-3,8,10H2,(H,17,18)/t13-/m0/s1. The number of nitrogens with zero attached hydrogens (tertiary/aromatic N) is 2. The Morgan fingerprint density at radius 2 is 2.11 bits per heavy atom. The van der Waals surface area contributed by atoms with Gasteiger partial charge in [0.2, 0.25) is 0 Å². The molecule has 0 aromatic heterocycles. The van der Waals surface area contributed by atoms with Crippen molar-refractivity contribution >= 4 is 5.97 Å². The third kappa shape index (κ3) is 2.88. The lowest BCUT2D eigenvalue weighted by Crippen LogP contribution is -2.43. The molecule has 1 aromatic carbocycles. The molecule has 4 nitrogen and oxygen atoms in total. The molecule has 0 radical (unpaired) electrons. The van der Waals surface area contributed by atoms with Crippen LogP contribution in [0.5, 0.6) is 0 Å². The molecule has 18 heavy (non-hydrogen) atoms. The van der Waals surface area contributed by atoms with Crippen molar-refractivity contribution in [2.45, 2.75) is 31.8 Å². The molecule has 1 atom stereocenters. The molecule has 0 saturated carbocycles. The van der Waals surface area contributed by atoms with Gasteiger partial charge in [-0.2, -0.15) is 5.26 Å². The second-order valence-corrected chi connectivity index (χ2v) is 4.63. The van der Waals surface area contributed by atoms with E-state index in [0.29, 0.717) is 12.1 Å². The smallest absolute Gasteiger partial charge is 0.320 e. The summed E-state index contributed by atoms with van der Waals surface area (Å²) in [6.45, 7) is 1.47. The highest BCUT2D eigenvalue weighted by molar-refractivity contribution is 5.73.